The summed E-state index contributed by atoms with van der Waals surface area (Å²) in [6.07, 6.45) is 4.28. The van der Waals surface area contributed by atoms with Crippen LogP contribution in [0.1, 0.15) is 38.3 Å². The van der Waals surface area contributed by atoms with Gasteiger partial charge in [0.25, 0.3) is 0 Å². The van der Waals surface area contributed by atoms with Gasteiger partial charge in [0.1, 0.15) is 0 Å². The van der Waals surface area contributed by atoms with Crippen molar-refractivity contribution >= 4 is 11.3 Å². The fourth-order valence-corrected chi connectivity index (χ4v) is 2.99. The second kappa shape index (κ2) is 5.75. The monoisotopic (exact) mass is 240 g/mol. The van der Waals surface area contributed by atoms with E-state index in [1.54, 1.807) is 11.3 Å². The lowest BCUT2D eigenvalue weighted by Gasteiger charge is -2.37. The summed E-state index contributed by atoms with van der Waals surface area (Å²) in [7, 11) is 0. The zero-order valence-electron chi connectivity index (χ0n) is 9.80. The van der Waals surface area contributed by atoms with Crippen LogP contribution < -0.4 is 0 Å². The third-order valence-corrected chi connectivity index (χ3v) is 4.01. The van der Waals surface area contributed by atoms with Crippen molar-refractivity contribution < 1.29 is 5.11 Å². The van der Waals surface area contributed by atoms with Crippen LogP contribution in [0, 0.1) is 0 Å². The number of rotatable bonds is 4. The van der Waals surface area contributed by atoms with Crippen LogP contribution in [0.5, 0.6) is 0 Å². The Labute approximate surface area is 101 Å². The van der Waals surface area contributed by atoms with Gasteiger partial charge < -0.3 is 5.11 Å². The lowest BCUT2D eigenvalue weighted by atomic mass is 9.96. The number of aliphatic hydroxyl groups excluding tert-OH is 1. The Hall–Kier alpha value is -0.450. The molecule has 2 heterocycles. The lowest BCUT2D eigenvalue weighted by molar-refractivity contribution is 0.0190. The maximum atomic E-state index is 10.0. The average Bonchev–Trinajstić information content (AvgIpc) is 2.82. The van der Waals surface area contributed by atoms with Crippen LogP contribution in [0.15, 0.2) is 10.9 Å². The van der Waals surface area contributed by atoms with E-state index in [4.69, 9.17) is 0 Å². The second-order valence-corrected chi connectivity index (χ2v) is 5.21. The molecular weight excluding hydrogens is 220 g/mol. The predicted octanol–water partition coefficient (Wildman–Crippen LogP) is 2.27. The molecule has 16 heavy (non-hydrogen) atoms. The van der Waals surface area contributed by atoms with E-state index < -0.39 is 0 Å². The first-order valence-electron chi connectivity index (χ1n) is 6.10. The van der Waals surface area contributed by atoms with E-state index in [1.807, 2.05) is 5.51 Å². The van der Waals surface area contributed by atoms with E-state index in [-0.39, 0.29) is 6.10 Å². The molecule has 0 bridgehead atoms. The van der Waals surface area contributed by atoms with Crippen LogP contribution in [-0.2, 0) is 6.54 Å². The maximum Gasteiger partial charge on any atom is 0.0795 e. The van der Waals surface area contributed by atoms with Crippen molar-refractivity contribution in [2.24, 2.45) is 0 Å². The van der Waals surface area contributed by atoms with Gasteiger partial charge in [-0.3, -0.25) is 4.90 Å². The highest BCUT2D eigenvalue weighted by molar-refractivity contribution is 7.07. The van der Waals surface area contributed by atoms with E-state index in [0.717, 1.165) is 31.6 Å². The molecule has 1 fully saturated rings. The van der Waals surface area contributed by atoms with Crippen LogP contribution in [0.4, 0.5) is 0 Å². The van der Waals surface area contributed by atoms with Crippen molar-refractivity contribution in [3.63, 3.8) is 0 Å². The van der Waals surface area contributed by atoms with Crippen molar-refractivity contribution in [3.05, 3.63) is 16.6 Å². The SMILES string of the molecule is CCC(O)C1CCCCN1Cc1cscn1. The Kier molecular flexibility index (Phi) is 4.32. The Morgan fingerprint density at radius 2 is 2.50 bits per heavy atom. The molecule has 1 aliphatic rings. The fraction of sp³-hybridized carbons (Fsp3) is 0.750. The molecule has 1 saturated heterocycles. The fourth-order valence-electron chi connectivity index (χ4n) is 2.44. The summed E-state index contributed by atoms with van der Waals surface area (Å²) < 4.78 is 0. The summed E-state index contributed by atoms with van der Waals surface area (Å²) in [6.45, 7) is 4.05. The Balaban J connectivity index is 1.99. The van der Waals surface area contributed by atoms with E-state index in [2.05, 4.69) is 22.2 Å². The number of thiazole rings is 1. The Morgan fingerprint density at radius 3 is 3.19 bits per heavy atom. The maximum absolute atomic E-state index is 10.0. The number of piperidine rings is 1. The molecule has 0 spiro atoms. The van der Waals surface area contributed by atoms with Crippen LogP contribution in [-0.4, -0.2) is 33.7 Å². The topological polar surface area (TPSA) is 36.4 Å². The van der Waals surface area contributed by atoms with Gasteiger partial charge in [-0.25, -0.2) is 4.98 Å². The van der Waals surface area contributed by atoms with Gasteiger partial charge in [0.2, 0.25) is 0 Å². The van der Waals surface area contributed by atoms with Gasteiger partial charge in [-0.05, 0) is 25.8 Å². The molecule has 0 aromatic carbocycles. The van der Waals surface area contributed by atoms with Crippen LogP contribution in [0.2, 0.25) is 0 Å². The zero-order valence-corrected chi connectivity index (χ0v) is 10.6. The highest BCUT2D eigenvalue weighted by atomic mass is 32.1. The minimum Gasteiger partial charge on any atom is -0.392 e. The number of aliphatic hydroxyl groups is 1. The normalized spacial score (nSPS) is 24.5. The largest absolute Gasteiger partial charge is 0.392 e. The minimum absolute atomic E-state index is 0.182. The quantitative estimate of drug-likeness (QED) is 0.877. The minimum atomic E-state index is -0.182. The second-order valence-electron chi connectivity index (χ2n) is 4.49. The van der Waals surface area contributed by atoms with E-state index in [1.165, 1.54) is 12.8 Å². The van der Waals surface area contributed by atoms with E-state index in [0.29, 0.717) is 6.04 Å². The van der Waals surface area contributed by atoms with Crippen molar-refractivity contribution in [2.75, 3.05) is 6.54 Å². The highest BCUT2D eigenvalue weighted by Crippen LogP contribution is 2.23. The van der Waals surface area contributed by atoms with Crippen molar-refractivity contribution in [1.82, 2.24) is 9.88 Å². The van der Waals surface area contributed by atoms with Gasteiger partial charge in [0, 0.05) is 18.0 Å². The van der Waals surface area contributed by atoms with Gasteiger partial charge in [0.15, 0.2) is 0 Å². The number of hydrogen-bond donors (Lipinski definition) is 1. The molecular formula is C12H20N2OS. The number of nitrogens with zero attached hydrogens (tertiary/aromatic N) is 2. The molecule has 1 N–H and O–H groups in total. The molecule has 0 radical (unpaired) electrons. The van der Waals surface area contributed by atoms with Crippen molar-refractivity contribution in [1.29, 1.82) is 0 Å². The molecule has 1 aromatic rings. The third kappa shape index (κ3) is 2.81. The number of aromatic nitrogens is 1. The van der Waals surface area contributed by atoms with Crippen molar-refractivity contribution in [3.8, 4) is 0 Å². The van der Waals surface area contributed by atoms with Gasteiger partial charge >= 0.3 is 0 Å². The molecule has 4 heteroatoms. The van der Waals surface area contributed by atoms with Gasteiger partial charge in [0.05, 0.1) is 17.3 Å². The Morgan fingerprint density at radius 1 is 1.62 bits per heavy atom. The smallest absolute Gasteiger partial charge is 0.0795 e. The van der Waals surface area contributed by atoms with Crippen LogP contribution in [0.25, 0.3) is 0 Å². The summed E-state index contributed by atoms with van der Waals surface area (Å²) in [5.74, 6) is 0. The van der Waals surface area contributed by atoms with Crippen LogP contribution >= 0.6 is 11.3 Å². The average molecular weight is 240 g/mol. The Bertz CT molecular complexity index is 302. The summed E-state index contributed by atoms with van der Waals surface area (Å²) >= 11 is 1.64. The molecule has 0 aliphatic carbocycles. The summed E-state index contributed by atoms with van der Waals surface area (Å²) in [5.41, 5.74) is 3.02. The zero-order chi connectivity index (χ0) is 11.4. The lowest BCUT2D eigenvalue weighted by Crippen LogP contribution is -2.46. The molecule has 90 valence electrons. The summed E-state index contributed by atoms with van der Waals surface area (Å²) in [5, 5.41) is 12.1. The molecule has 0 saturated carbocycles. The highest BCUT2D eigenvalue weighted by Gasteiger charge is 2.27. The first kappa shape index (κ1) is 12.0. The molecule has 2 atom stereocenters. The first-order chi connectivity index (χ1) is 7.81. The van der Waals surface area contributed by atoms with E-state index in [9.17, 15) is 5.11 Å². The molecule has 1 aliphatic heterocycles. The third-order valence-electron chi connectivity index (χ3n) is 3.38. The van der Waals surface area contributed by atoms with E-state index >= 15 is 0 Å². The summed E-state index contributed by atoms with van der Waals surface area (Å²) in [4.78, 5) is 6.72. The van der Waals surface area contributed by atoms with Crippen molar-refractivity contribution in [2.45, 2.75) is 51.3 Å². The molecule has 2 rings (SSSR count). The van der Waals surface area contributed by atoms with Gasteiger partial charge in [-0.15, -0.1) is 11.3 Å². The predicted molar refractivity (Wildman–Crippen MR) is 66.5 cm³/mol. The molecule has 0 amide bonds. The van der Waals surface area contributed by atoms with Crippen LogP contribution in [0.3, 0.4) is 0 Å². The van der Waals surface area contributed by atoms with Gasteiger partial charge in [-0.2, -0.15) is 0 Å². The standard InChI is InChI=1S/C12H20N2OS/c1-2-12(15)11-5-3-4-6-14(11)7-10-8-16-9-13-10/h8-9,11-12,15H,2-7H2,1H3. The number of hydrogen-bond acceptors (Lipinski definition) is 4. The summed E-state index contributed by atoms with van der Waals surface area (Å²) in [6, 6.07) is 0.334. The number of likely N-dealkylation sites (tertiary alicyclic amines) is 1. The molecule has 1 aromatic heterocycles. The first-order valence-corrected chi connectivity index (χ1v) is 7.04. The molecule has 2 unspecified atom stereocenters. The van der Waals surface area contributed by atoms with Gasteiger partial charge in [-0.1, -0.05) is 13.3 Å². The molecule has 3 nitrogen and oxygen atoms in total.